The van der Waals surface area contributed by atoms with Gasteiger partial charge in [-0.15, -0.1) is 5.12 Å². The Labute approximate surface area is 167 Å². The number of ether oxygens (including phenoxy) is 1. The lowest BCUT2D eigenvalue weighted by Gasteiger charge is -2.20. The third-order valence-electron chi connectivity index (χ3n) is 4.55. The highest BCUT2D eigenvalue weighted by Gasteiger charge is 2.27. The van der Waals surface area contributed by atoms with E-state index in [4.69, 9.17) is 16.3 Å². The molecule has 0 amide bonds. The second kappa shape index (κ2) is 8.46. The first kappa shape index (κ1) is 20.6. The van der Waals surface area contributed by atoms with Gasteiger partial charge in [0.05, 0.1) is 22.0 Å². The van der Waals surface area contributed by atoms with Gasteiger partial charge >= 0.3 is 5.97 Å². The molecule has 1 aliphatic heterocycles. The van der Waals surface area contributed by atoms with Crippen LogP contribution in [0.5, 0.6) is 0 Å². The SMILES string of the molecule is CS(=O)(=O)c1ccc(C(=O)OC2CCCCC(=O)C2)c(Cl)c1CN1NC=NN1. The summed E-state index contributed by atoms with van der Waals surface area (Å²) in [6.45, 7) is 0.0320. The van der Waals surface area contributed by atoms with Gasteiger partial charge in [0.15, 0.2) is 9.84 Å². The van der Waals surface area contributed by atoms with Crippen LogP contribution in [0.1, 0.15) is 48.0 Å². The zero-order valence-electron chi connectivity index (χ0n) is 15.3. The Hall–Kier alpha value is -2.17. The minimum atomic E-state index is -3.58. The summed E-state index contributed by atoms with van der Waals surface area (Å²) in [7, 11) is -3.58. The van der Waals surface area contributed by atoms with Crippen LogP contribution in [0.15, 0.2) is 22.1 Å². The highest BCUT2D eigenvalue weighted by atomic mass is 35.5. The standard InChI is InChI=1S/C17H21ClN4O5S/c1-28(25,26)15-7-6-13(16(18)14(15)9-22-20-10-19-21-22)17(24)27-12-5-3-2-4-11(23)8-12/h6-7,10,12,21H,2-5,8-9H2,1H3,(H,19,20). The molecule has 0 aromatic heterocycles. The number of nitrogens with one attached hydrogen (secondary N) is 2. The monoisotopic (exact) mass is 428 g/mol. The van der Waals surface area contributed by atoms with E-state index in [0.29, 0.717) is 12.8 Å². The van der Waals surface area contributed by atoms with Crippen LogP contribution >= 0.6 is 11.6 Å². The first-order valence-corrected chi connectivity index (χ1v) is 11.1. The zero-order chi connectivity index (χ0) is 20.3. The number of nitrogens with zero attached hydrogens (tertiary/aromatic N) is 2. The predicted molar refractivity (Wildman–Crippen MR) is 102 cm³/mol. The van der Waals surface area contributed by atoms with Gasteiger partial charge < -0.3 is 4.74 Å². The van der Waals surface area contributed by atoms with Gasteiger partial charge in [0.1, 0.15) is 18.2 Å². The van der Waals surface area contributed by atoms with Crippen LogP contribution in [0, 0.1) is 0 Å². The van der Waals surface area contributed by atoms with Crippen molar-refractivity contribution in [1.82, 2.24) is 16.1 Å². The molecule has 0 bridgehead atoms. The quantitative estimate of drug-likeness (QED) is 0.536. The minimum absolute atomic E-state index is 0.00851. The third kappa shape index (κ3) is 4.81. The molecule has 0 saturated heterocycles. The van der Waals surface area contributed by atoms with Crippen LogP contribution in [-0.2, 0) is 25.9 Å². The maximum Gasteiger partial charge on any atom is 0.339 e. The first-order chi connectivity index (χ1) is 13.3. The van der Waals surface area contributed by atoms with E-state index in [9.17, 15) is 18.0 Å². The number of benzene rings is 1. The molecule has 0 spiro atoms. The van der Waals surface area contributed by atoms with Crippen LogP contribution < -0.4 is 11.0 Å². The fourth-order valence-corrected chi connectivity index (χ4v) is 4.48. The number of ketones is 1. The number of carbonyl (C=O) groups excluding carboxylic acids is 2. The molecule has 3 rings (SSSR count). The number of halogens is 1. The lowest BCUT2D eigenvalue weighted by molar-refractivity contribution is -0.120. The van der Waals surface area contributed by atoms with Crippen molar-refractivity contribution in [2.24, 2.45) is 5.10 Å². The summed E-state index contributed by atoms with van der Waals surface area (Å²) in [6.07, 6.45) is 4.86. The van der Waals surface area contributed by atoms with E-state index in [2.05, 4.69) is 16.1 Å². The summed E-state index contributed by atoms with van der Waals surface area (Å²) in [6, 6.07) is 2.67. The van der Waals surface area contributed by atoms with Crippen molar-refractivity contribution in [3.05, 3.63) is 28.3 Å². The Bertz CT molecular complexity index is 910. The second-order valence-corrected chi connectivity index (χ2v) is 9.13. The van der Waals surface area contributed by atoms with Crippen molar-refractivity contribution in [2.45, 2.75) is 49.6 Å². The van der Waals surface area contributed by atoms with Gasteiger partial charge in [-0.25, -0.2) is 18.7 Å². The molecular weight excluding hydrogens is 408 g/mol. The van der Waals surface area contributed by atoms with Crippen molar-refractivity contribution in [3.8, 4) is 0 Å². The number of rotatable bonds is 5. The highest BCUT2D eigenvalue weighted by Crippen LogP contribution is 2.30. The van der Waals surface area contributed by atoms with Crippen molar-refractivity contribution in [2.75, 3.05) is 6.26 Å². The van der Waals surface area contributed by atoms with E-state index in [1.807, 2.05) is 0 Å². The second-order valence-electron chi connectivity index (χ2n) is 6.77. The number of sulfone groups is 1. The topological polar surface area (TPSA) is 117 Å². The summed E-state index contributed by atoms with van der Waals surface area (Å²) >= 11 is 6.42. The molecule has 1 saturated carbocycles. The third-order valence-corrected chi connectivity index (χ3v) is 6.17. The van der Waals surface area contributed by atoms with Gasteiger partial charge in [-0.05, 0) is 31.4 Å². The predicted octanol–water partition coefficient (Wildman–Crippen LogP) is 1.57. The number of hydrazone groups is 1. The van der Waals surface area contributed by atoms with Gasteiger partial charge in [-0.1, -0.05) is 11.6 Å². The summed E-state index contributed by atoms with van der Waals surface area (Å²) in [5.74, 6) is -0.606. The van der Waals surface area contributed by atoms with E-state index in [-0.39, 0.29) is 39.8 Å². The molecule has 9 nitrogen and oxygen atoms in total. The van der Waals surface area contributed by atoms with E-state index in [0.717, 1.165) is 19.1 Å². The van der Waals surface area contributed by atoms with E-state index >= 15 is 0 Å². The first-order valence-electron chi connectivity index (χ1n) is 8.80. The molecule has 28 heavy (non-hydrogen) atoms. The number of esters is 1. The van der Waals surface area contributed by atoms with Crippen molar-refractivity contribution >= 4 is 39.5 Å². The van der Waals surface area contributed by atoms with Crippen LogP contribution in [0.2, 0.25) is 5.02 Å². The Morgan fingerprint density at radius 3 is 2.86 bits per heavy atom. The van der Waals surface area contributed by atoms with Crippen molar-refractivity contribution < 1.29 is 22.7 Å². The maximum atomic E-state index is 12.7. The normalized spacial score (nSPS) is 20.4. The van der Waals surface area contributed by atoms with E-state index < -0.39 is 21.9 Å². The molecule has 1 aromatic carbocycles. The van der Waals surface area contributed by atoms with Crippen molar-refractivity contribution in [1.29, 1.82) is 0 Å². The number of Topliss-reactive ketones (excluding diaryl/α,β-unsaturated/α-hetero) is 1. The summed E-state index contributed by atoms with van der Waals surface area (Å²) in [5.41, 5.74) is 5.68. The number of hydrazine groups is 2. The zero-order valence-corrected chi connectivity index (χ0v) is 16.8. The largest absolute Gasteiger partial charge is 0.458 e. The summed E-state index contributed by atoms with van der Waals surface area (Å²) in [5, 5.41) is 5.16. The van der Waals surface area contributed by atoms with Crippen LogP contribution in [0.3, 0.4) is 0 Å². The minimum Gasteiger partial charge on any atom is -0.458 e. The van der Waals surface area contributed by atoms with Crippen molar-refractivity contribution in [3.63, 3.8) is 0 Å². The molecule has 11 heteroatoms. The number of carbonyl (C=O) groups is 2. The fourth-order valence-electron chi connectivity index (χ4n) is 3.19. The van der Waals surface area contributed by atoms with Gasteiger partial charge in [-0.3, -0.25) is 10.2 Å². The molecule has 0 radical (unpaired) electrons. The van der Waals surface area contributed by atoms with Gasteiger partial charge in [-0.2, -0.15) is 5.10 Å². The Morgan fingerprint density at radius 2 is 2.18 bits per heavy atom. The molecule has 2 aliphatic rings. The summed E-state index contributed by atoms with van der Waals surface area (Å²) in [4.78, 5) is 24.4. The Morgan fingerprint density at radius 1 is 1.39 bits per heavy atom. The molecule has 152 valence electrons. The Balaban J connectivity index is 1.88. The van der Waals surface area contributed by atoms with Crippen LogP contribution in [0.25, 0.3) is 0 Å². The van der Waals surface area contributed by atoms with Crippen LogP contribution in [-0.4, -0.2) is 44.0 Å². The van der Waals surface area contributed by atoms with Gasteiger partial charge in [0, 0.05) is 24.7 Å². The molecule has 1 heterocycles. The average molecular weight is 429 g/mol. The van der Waals surface area contributed by atoms with E-state index in [1.54, 1.807) is 0 Å². The maximum absolute atomic E-state index is 12.7. The van der Waals surface area contributed by atoms with Gasteiger partial charge in [0.25, 0.3) is 0 Å². The number of hydrogen-bond acceptors (Lipinski definition) is 9. The van der Waals surface area contributed by atoms with Crippen LogP contribution in [0.4, 0.5) is 0 Å². The molecule has 1 atom stereocenters. The van der Waals surface area contributed by atoms with Gasteiger partial charge in [0.2, 0.25) is 0 Å². The average Bonchev–Trinajstić information content (AvgIpc) is 3.03. The molecular formula is C17H21ClN4O5S. The summed E-state index contributed by atoms with van der Waals surface area (Å²) < 4.78 is 29.8. The number of hydrogen-bond donors (Lipinski definition) is 2. The smallest absolute Gasteiger partial charge is 0.339 e. The fraction of sp³-hybridized carbons (Fsp3) is 0.471. The molecule has 1 aromatic rings. The molecule has 1 fully saturated rings. The Kier molecular flexibility index (Phi) is 6.21. The molecule has 1 unspecified atom stereocenters. The molecule has 1 aliphatic carbocycles. The highest BCUT2D eigenvalue weighted by molar-refractivity contribution is 7.90. The van der Waals surface area contributed by atoms with E-state index in [1.165, 1.54) is 23.6 Å². The lowest BCUT2D eigenvalue weighted by atomic mass is 10.1. The lowest BCUT2D eigenvalue weighted by Crippen LogP contribution is -2.38. The molecule has 2 N–H and O–H groups in total.